The van der Waals surface area contributed by atoms with Crippen LogP contribution in [0.25, 0.3) is 55.0 Å². The molecular formula is C25H20FN7S. The molecule has 0 atom stereocenters. The highest BCUT2D eigenvalue weighted by Crippen LogP contribution is 2.36. The van der Waals surface area contributed by atoms with Crippen LogP contribution in [-0.2, 0) is 0 Å². The van der Waals surface area contributed by atoms with Crippen molar-refractivity contribution in [3.05, 3.63) is 66.3 Å². The third-order valence-electron chi connectivity index (χ3n) is 5.56. The molecule has 7 nitrogen and oxygen atoms in total. The SMILES string of the molecule is CC(C)Nc1cncc(-c2cc3c(-c4cc5c(-c6ccc(F)s6)ccnc5[nH]4)n[nH]c3cn2)c1. The molecule has 6 aromatic heterocycles. The predicted octanol–water partition coefficient (Wildman–Crippen LogP) is 6.25. The third kappa shape index (κ3) is 3.60. The van der Waals surface area contributed by atoms with Crippen molar-refractivity contribution in [2.24, 2.45) is 0 Å². The highest BCUT2D eigenvalue weighted by molar-refractivity contribution is 7.14. The molecule has 6 aromatic rings. The summed E-state index contributed by atoms with van der Waals surface area (Å²) in [6.45, 7) is 4.18. The summed E-state index contributed by atoms with van der Waals surface area (Å²) >= 11 is 1.12. The van der Waals surface area contributed by atoms with Gasteiger partial charge in [-0.3, -0.25) is 15.1 Å². The Morgan fingerprint density at radius 3 is 2.74 bits per heavy atom. The van der Waals surface area contributed by atoms with Crippen LogP contribution in [0.5, 0.6) is 0 Å². The second kappa shape index (κ2) is 8.03. The van der Waals surface area contributed by atoms with Crippen molar-refractivity contribution < 1.29 is 4.39 Å². The number of aromatic nitrogens is 6. The molecule has 0 aromatic carbocycles. The van der Waals surface area contributed by atoms with Gasteiger partial charge in [0, 0.05) is 51.4 Å². The first-order valence-electron chi connectivity index (χ1n) is 10.8. The average molecular weight is 470 g/mol. The van der Waals surface area contributed by atoms with Gasteiger partial charge in [-0.25, -0.2) is 4.98 Å². The van der Waals surface area contributed by atoms with Gasteiger partial charge in [0.1, 0.15) is 11.3 Å². The summed E-state index contributed by atoms with van der Waals surface area (Å²) in [6, 6.07) is 11.6. The summed E-state index contributed by atoms with van der Waals surface area (Å²) < 4.78 is 13.6. The molecule has 0 aliphatic rings. The lowest BCUT2D eigenvalue weighted by Gasteiger charge is -2.10. The van der Waals surface area contributed by atoms with Gasteiger partial charge in [-0.2, -0.15) is 9.49 Å². The van der Waals surface area contributed by atoms with Crippen molar-refractivity contribution >= 4 is 39.0 Å². The molecule has 9 heteroatoms. The summed E-state index contributed by atoms with van der Waals surface area (Å²) in [5, 5.41) is 12.6. The number of thiophene rings is 1. The summed E-state index contributed by atoms with van der Waals surface area (Å²) in [5.41, 5.74) is 6.75. The van der Waals surface area contributed by atoms with Crippen LogP contribution in [0.4, 0.5) is 10.1 Å². The smallest absolute Gasteiger partial charge is 0.176 e. The number of hydrogen-bond acceptors (Lipinski definition) is 6. The number of halogens is 1. The summed E-state index contributed by atoms with van der Waals surface area (Å²) in [5.74, 6) is 0. The molecule has 168 valence electrons. The first-order valence-corrected chi connectivity index (χ1v) is 11.7. The maximum atomic E-state index is 13.6. The van der Waals surface area contributed by atoms with E-state index in [-0.39, 0.29) is 5.13 Å². The van der Waals surface area contributed by atoms with Crippen LogP contribution in [0, 0.1) is 5.13 Å². The second-order valence-electron chi connectivity index (χ2n) is 8.36. The maximum absolute atomic E-state index is 13.6. The van der Waals surface area contributed by atoms with Crippen LogP contribution >= 0.6 is 11.3 Å². The van der Waals surface area contributed by atoms with Crippen LogP contribution in [-0.4, -0.2) is 36.2 Å². The van der Waals surface area contributed by atoms with Gasteiger partial charge in [-0.1, -0.05) is 0 Å². The molecule has 0 saturated heterocycles. The summed E-state index contributed by atoms with van der Waals surface area (Å²) in [4.78, 5) is 17.7. The lowest BCUT2D eigenvalue weighted by Crippen LogP contribution is -2.09. The van der Waals surface area contributed by atoms with Gasteiger partial charge in [0.15, 0.2) is 5.13 Å². The van der Waals surface area contributed by atoms with E-state index in [2.05, 4.69) is 49.3 Å². The highest BCUT2D eigenvalue weighted by Gasteiger charge is 2.16. The Balaban J connectivity index is 1.45. The molecule has 0 amide bonds. The lowest BCUT2D eigenvalue weighted by molar-refractivity contribution is 0.657. The van der Waals surface area contributed by atoms with E-state index in [1.807, 2.05) is 24.3 Å². The molecule has 0 radical (unpaired) electrons. The molecule has 0 bridgehead atoms. The molecule has 6 heterocycles. The fourth-order valence-corrected chi connectivity index (χ4v) is 4.87. The average Bonchev–Trinajstić information content (AvgIpc) is 3.55. The minimum atomic E-state index is -0.212. The molecule has 0 aliphatic heterocycles. The standard InChI is InChI=1S/C25H20FN7S/c1-13(2)30-15-7-14(10-27-11-15)19-9-18-21(12-29-19)32-33-24(18)20-8-17-16(5-6-28-25(17)31-20)22-3-4-23(26)34-22/h3-13,30H,1-2H3,(H,28,31)(H,32,33). The zero-order chi connectivity index (χ0) is 23.2. The van der Waals surface area contributed by atoms with Crippen LogP contribution in [0.15, 0.2) is 61.2 Å². The fourth-order valence-electron chi connectivity index (χ4n) is 4.10. The van der Waals surface area contributed by atoms with Gasteiger partial charge < -0.3 is 10.3 Å². The molecule has 0 saturated carbocycles. The van der Waals surface area contributed by atoms with Gasteiger partial charge in [-0.05, 0) is 50.2 Å². The van der Waals surface area contributed by atoms with E-state index in [1.54, 1.807) is 30.9 Å². The van der Waals surface area contributed by atoms with Crippen molar-refractivity contribution in [1.82, 2.24) is 30.1 Å². The first kappa shape index (κ1) is 20.5. The predicted molar refractivity (Wildman–Crippen MR) is 134 cm³/mol. The quantitative estimate of drug-likeness (QED) is 0.277. The maximum Gasteiger partial charge on any atom is 0.176 e. The van der Waals surface area contributed by atoms with E-state index < -0.39 is 0 Å². The lowest BCUT2D eigenvalue weighted by atomic mass is 10.1. The molecule has 0 unspecified atom stereocenters. The zero-order valence-electron chi connectivity index (χ0n) is 18.4. The number of pyridine rings is 3. The van der Waals surface area contributed by atoms with Crippen molar-refractivity contribution in [3.63, 3.8) is 0 Å². The first-order chi connectivity index (χ1) is 16.5. The fraction of sp³-hybridized carbons (Fsp3) is 0.120. The monoisotopic (exact) mass is 469 g/mol. The van der Waals surface area contributed by atoms with Gasteiger partial charge in [0.05, 0.1) is 28.8 Å². The third-order valence-corrected chi connectivity index (χ3v) is 6.47. The number of H-pyrrole nitrogens is 2. The molecule has 0 aliphatic carbocycles. The number of hydrogen-bond donors (Lipinski definition) is 3. The van der Waals surface area contributed by atoms with Gasteiger partial charge >= 0.3 is 0 Å². The van der Waals surface area contributed by atoms with Crippen LogP contribution in [0.2, 0.25) is 0 Å². The molecular weight excluding hydrogens is 449 g/mol. The summed E-state index contributed by atoms with van der Waals surface area (Å²) in [6.07, 6.45) is 7.12. The number of nitrogens with zero attached hydrogens (tertiary/aromatic N) is 4. The van der Waals surface area contributed by atoms with Crippen LogP contribution < -0.4 is 5.32 Å². The van der Waals surface area contributed by atoms with E-state index in [0.717, 1.165) is 72.0 Å². The van der Waals surface area contributed by atoms with Crippen molar-refractivity contribution in [2.45, 2.75) is 19.9 Å². The molecule has 34 heavy (non-hydrogen) atoms. The van der Waals surface area contributed by atoms with E-state index in [9.17, 15) is 4.39 Å². The topological polar surface area (TPSA) is 95.2 Å². The molecule has 0 fully saturated rings. The van der Waals surface area contributed by atoms with E-state index >= 15 is 0 Å². The Labute approximate surface area is 198 Å². The summed E-state index contributed by atoms with van der Waals surface area (Å²) in [7, 11) is 0. The Morgan fingerprint density at radius 2 is 1.91 bits per heavy atom. The van der Waals surface area contributed by atoms with Gasteiger partial charge in [-0.15, -0.1) is 11.3 Å². The minimum Gasteiger partial charge on any atom is -0.382 e. The number of anilines is 1. The van der Waals surface area contributed by atoms with E-state index in [0.29, 0.717) is 6.04 Å². The Hall–Kier alpha value is -4.11. The number of fused-ring (bicyclic) bond motifs is 2. The van der Waals surface area contributed by atoms with Crippen molar-refractivity contribution in [2.75, 3.05) is 5.32 Å². The van der Waals surface area contributed by atoms with Crippen LogP contribution in [0.1, 0.15) is 13.8 Å². The highest BCUT2D eigenvalue weighted by atomic mass is 32.1. The minimum absolute atomic E-state index is 0.212. The van der Waals surface area contributed by atoms with E-state index in [1.165, 1.54) is 6.07 Å². The van der Waals surface area contributed by atoms with E-state index in [4.69, 9.17) is 0 Å². The number of aromatic amines is 2. The normalized spacial score (nSPS) is 11.6. The molecule has 0 spiro atoms. The van der Waals surface area contributed by atoms with Crippen molar-refractivity contribution in [3.8, 4) is 33.1 Å². The van der Waals surface area contributed by atoms with Crippen LogP contribution in [0.3, 0.4) is 0 Å². The Kier molecular flexibility index (Phi) is 4.84. The second-order valence-corrected chi connectivity index (χ2v) is 9.39. The largest absolute Gasteiger partial charge is 0.382 e. The molecule has 6 rings (SSSR count). The van der Waals surface area contributed by atoms with Gasteiger partial charge in [0.25, 0.3) is 0 Å². The number of nitrogens with one attached hydrogen (secondary N) is 3. The van der Waals surface area contributed by atoms with Gasteiger partial charge in [0.2, 0.25) is 0 Å². The number of rotatable bonds is 5. The molecule has 3 N–H and O–H groups in total. The zero-order valence-corrected chi connectivity index (χ0v) is 19.2. The Morgan fingerprint density at radius 1 is 1.00 bits per heavy atom. The Bertz CT molecular complexity index is 1650. The van der Waals surface area contributed by atoms with Crippen molar-refractivity contribution in [1.29, 1.82) is 0 Å².